The van der Waals surface area contributed by atoms with E-state index in [1.807, 2.05) is 6.07 Å². The van der Waals surface area contributed by atoms with Crippen molar-refractivity contribution in [1.29, 1.82) is 0 Å². The first-order chi connectivity index (χ1) is 13.4. The fourth-order valence-electron chi connectivity index (χ4n) is 7.01. The summed E-state index contributed by atoms with van der Waals surface area (Å²) >= 11 is 0. The molecule has 2 saturated carbocycles. The summed E-state index contributed by atoms with van der Waals surface area (Å²) in [5, 5.41) is 13.4. The standard InChI is InChI=1S/C21H24N2O5/c1-23-11-20-8-12-2-5-15(28-19(27)22-6-7-24)17(26)16(12)21(10-20)9-13(25)3-4-14(21)18(20)23/h2,5,7,14,18,26H,3-4,6,8-11H2,1H3,(H,22,27). The maximum absolute atomic E-state index is 12.5. The highest BCUT2D eigenvalue weighted by molar-refractivity contribution is 5.83. The molecule has 7 nitrogen and oxygen atoms in total. The maximum Gasteiger partial charge on any atom is 0.413 e. The number of hydrogen-bond acceptors (Lipinski definition) is 6. The van der Waals surface area contributed by atoms with E-state index < -0.39 is 6.09 Å². The lowest BCUT2D eigenvalue weighted by molar-refractivity contribution is -0.123. The molecular weight excluding hydrogens is 360 g/mol. The zero-order chi connectivity index (χ0) is 19.7. The Kier molecular flexibility index (Phi) is 3.66. The van der Waals surface area contributed by atoms with Crippen LogP contribution in [0, 0.1) is 11.3 Å². The second kappa shape index (κ2) is 5.80. The van der Waals surface area contributed by atoms with E-state index in [9.17, 15) is 19.5 Å². The average Bonchev–Trinajstić information content (AvgIpc) is 2.81. The number of ether oxygens (including phenoxy) is 1. The molecule has 3 fully saturated rings. The minimum absolute atomic E-state index is 0.0303. The van der Waals surface area contributed by atoms with Gasteiger partial charge in [0.25, 0.3) is 0 Å². The number of benzene rings is 1. The SMILES string of the molecule is CN1CC23Cc4ccc(OC(=O)NCC=O)c(O)c4C4(CC(=O)CCC4C12)C3. The Balaban J connectivity index is 1.59. The molecule has 2 spiro atoms. The molecule has 1 amide bonds. The van der Waals surface area contributed by atoms with Crippen molar-refractivity contribution in [2.24, 2.45) is 11.3 Å². The highest BCUT2D eigenvalue weighted by Crippen LogP contribution is 2.70. The van der Waals surface area contributed by atoms with E-state index in [0.29, 0.717) is 31.1 Å². The number of likely N-dealkylation sites (tertiary alicyclic amines) is 1. The van der Waals surface area contributed by atoms with Gasteiger partial charge < -0.3 is 24.9 Å². The molecule has 4 unspecified atom stereocenters. The van der Waals surface area contributed by atoms with Crippen molar-refractivity contribution in [3.05, 3.63) is 23.3 Å². The molecule has 4 aliphatic rings. The number of fused-ring (bicyclic) bond motifs is 2. The third-order valence-electron chi connectivity index (χ3n) is 7.47. The molecule has 2 bridgehead atoms. The van der Waals surface area contributed by atoms with Crippen LogP contribution in [0.15, 0.2) is 12.1 Å². The van der Waals surface area contributed by atoms with E-state index in [1.54, 1.807) is 6.07 Å². The second-order valence-corrected chi connectivity index (χ2v) is 8.98. The van der Waals surface area contributed by atoms with Crippen LogP contribution in [0.3, 0.4) is 0 Å². The molecule has 0 radical (unpaired) electrons. The number of carbonyl (C=O) groups is 3. The van der Waals surface area contributed by atoms with Gasteiger partial charge in [-0.2, -0.15) is 0 Å². The number of Topliss-reactive ketones (excluding diaryl/α,β-unsaturated/α-hetero) is 1. The van der Waals surface area contributed by atoms with E-state index >= 15 is 0 Å². The molecule has 5 rings (SSSR count). The molecule has 4 atom stereocenters. The monoisotopic (exact) mass is 384 g/mol. The Morgan fingerprint density at radius 3 is 3.00 bits per heavy atom. The number of carbonyl (C=O) groups excluding carboxylic acids is 3. The molecular formula is C21H24N2O5. The van der Waals surface area contributed by atoms with Crippen molar-refractivity contribution >= 4 is 18.2 Å². The summed E-state index contributed by atoms with van der Waals surface area (Å²) in [7, 11) is 2.15. The van der Waals surface area contributed by atoms with E-state index in [1.165, 1.54) is 0 Å². The fourth-order valence-corrected chi connectivity index (χ4v) is 7.01. The summed E-state index contributed by atoms with van der Waals surface area (Å²) in [5.74, 6) is 0.627. The minimum Gasteiger partial charge on any atom is -0.504 e. The van der Waals surface area contributed by atoms with Crippen molar-refractivity contribution < 1.29 is 24.2 Å². The highest BCUT2D eigenvalue weighted by Gasteiger charge is 2.71. The summed E-state index contributed by atoms with van der Waals surface area (Å²) in [6.45, 7) is 0.873. The van der Waals surface area contributed by atoms with Crippen LogP contribution in [0.25, 0.3) is 0 Å². The number of amides is 1. The maximum atomic E-state index is 12.5. The molecule has 1 aliphatic heterocycles. The van der Waals surface area contributed by atoms with Crippen LogP contribution in [0.4, 0.5) is 4.79 Å². The van der Waals surface area contributed by atoms with Gasteiger partial charge in [0.05, 0.1) is 6.54 Å². The summed E-state index contributed by atoms with van der Waals surface area (Å²) in [6.07, 6.45) is 3.48. The predicted molar refractivity (Wildman–Crippen MR) is 99.4 cm³/mol. The fraction of sp³-hybridized carbons (Fsp3) is 0.571. The van der Waals surface area contributed by atoms with Gasteiger partial charge in [-0.3, -0.25) is 4.79 Å². The van der Waals surface area contributed by atoms with Crippen molar-refractivity contribution in [3.63, 3.8) is 0 Å². The Hall–Kier alpha value is -2.41. The summed E-state index contributed by atoms with van der Waals surface area (Å²) < 4.78 is 5.26. The number of rotatable bonds is 3. The summed E-state index contributed by atoms with van der Waals surface area (Å²) in [6, 6.07) is 3.98. The molecule has 1 aromatic rings. The number of phenols is 1. The minimum atomic E-state index is -0.783. The van der Waals surface area contributed by atoms with E-state index in [2.05, 4.69) is 17.3 Å². The molecule has 148 valence electrons. The lowest BCUT2D eigenvalue weighted by atomic mass is 9.59. The first-order valence-electron chi connectivity index (χ1n) is 9.87. The van der Waals surface area contributed by atoms with Gasteiger partial charge in [0.2, 0.25) is 0 Å². The van der Waals surface area contributed by atoms with Crippen LogP contribution in [-0.2, 0) is 21.4 Å². The number of aldehydes is 1. The topological polar surface area (TPSA) is 95.9 Å². The molecule has 7 heteroatoms. The van der Waals surface area contributed by atoms with Crippen LogP contribution in [0.5, 0.6) is 11.5 Å². The highest BCUT2D eigenvalue weighted by atomic mass is 16.6. The number of nitrogens with zero attached hydrogens (tertiary/aromatic N) is 1. The van der Waals surface area contributed by atoms with Gasteiger partial charge in [-0.1, -0.05) is 6.07 Å². The first kappa shape index (κ1) is 17.7. The zero-order valence-corrected chi connectivity index (χ0v) is 15.9. The number of phenolic OH excluding ortho intramolecular Hbond substituents is 1. The summed E-state index contributed by atoms with van der Waals surface area (Å²) in [5.41, 5.74) is 1.69. The second-order valence-electron chi connectivity index (χ2n) is 8.98. The van der Waals surface area contributed by atoms with Crippen LogP contribution in [0.1, 0.15) is 36.8 Å². The molecule has 3 aliphatic carbocycles. The Labute approximate surface area is 163 Å². The Morgan fingerprint density at radius 1 is 1.43 bits per heavy atom. The summed E-state index contributed by atoms with van der Waals surface area (Å²) in [4.78, 5) is 37.2. The lowest BCUT2D eigenvalue weighted by Crippen LogP contribution is -2.63. The number of nitrogens with one attached hydrogen (secondary N) is 1. The van der Waals surface area contributed by atoms with Gasteiger partial charge in [-0.15, -0.1) is 0 Å². The van der Waals surface area contributed by atoms with Crippen molar-refractivity contribution in [2.45, 2.75) is 43.6 Å². The van der Waals surface area contributed by atoms with Gasteiger partial charge in [-0.05, 0) is 43.9 Å². The Morgan fingerprint density at radius 2 is 2.25 bits per heavy atom. The number of hydrogen-bond donors (Lipinski definition) is 2. The van der Waals surface area contributed by atoms with Gasteiger partial charge >= 0.3 is 6.09 Å². The van der Waals surface area contributed by atoms with Gasteiger partial charge in [0.1, 0.15) is 12.1 Å². The van der Waals surface area contributed by atoms with E-state index in [4.69, 9.17) is 4.74 Å². The molecule has 28 heavy (non-hydrogen) atoms. The van der Waals surface area contributed by atoms with Crippen LogP contribution in [0.2, 0.25) is 0 Å². The van der Waals surface area contributed by atoms with E-state index in [-0.39, 0.29) is 34.7 Å². The molecule has 1 heterocycles. The first-order valence-corrected chi connectivity index (χ1v) is 9.87. The van der Waals surface area contributed by atoms with Crippen LogP contribution in [-0.4, -0.2) is 54.3 Å². The van der Waals surface area contributed by atoms with Crippen molar-refractivity contribution in [3.8, 4) is 11.5 Å². The van der Waals surface area contributed by atoms with Gasteiger partial charge in [-0.25, -0.2) is 4.79 Å². The lowest BCUT2D eigenvalue weighted by Gasteiger charge is -2.55. The van der Waals surface area contributed by atoms with Crippen LogP contribution >= 0.6 is 0 Å². The number of aromatic hydroxyl groups is 1. The van der Waals surface area contributed by atoms with E-state index in [0.717, 1.165) is 36.9 Å². The van der Waals surface area contributed by atoms with Gasteiger partial charge in [0.15, 0.2) is 11.5 Å². The van der Waals surface area contributed by atoms with Crippen molar-refractivity contribution in [1.82, 2.24) is 10.2 Å². The third-order valence-corrected chi connectivity index (χ3v) is 7.47. The molecule has 1 saturated heterocycles. The normalized spacial score (nSPS) is 35.2. The number of ketones is 1. The molecule has 0 aromatic heterocycles. The molecule has 1 aromatic carbocycles. The zero-order valence-electron chi connectivity index (χ0n) is 15.9. The molecule has 2 N–H and O–H groups in total. The van der Waals surface area contributed by atoms with Crippen LogP contribution < -0.4 is 10.1 Å². The third kappa shape index (κ3) is 2.16. The van der Waals surface area contributed by atoms with Crippen molar-refractivity contribution in [2.75, 3.05) is 20.1 Å². The largest absolute Gasteiger partial charge is 0.504 e. The smallest absolute Gasteiger partial charge is 0.413 e. The quantitative estimate of drug-likeness (QED) is 0.768. The Bertz CT molecular complexity index is 899. The predicted octanol–water partition coefficient (Wildman–Crippen LogP) is 1.55. The van der Waals surface area contributed by atoms with Gasteiger partial charge in [0, 0.05) is 41.8 Å². The average molecular weight is 384 g/mol.